The van der Waals surface area contributed by atoms with Gasteiger partial charge in [-0.1, -0.05) is 18.7 Å². The predicted molar refractivity (Wildman–Crippen MR) is 105 cm³/mol. The van der Waals surface area contributed by atoms with Crippen LogP contribution in [0.25, 0.3) is 5.78 Å². The molecule has 1 fully saturated rings. The number of ether oxygens (including phenoxy) is 1. The number of nitrogens with zero attached hydrogens (tertiary/aromatic N) is 7. The van der Waals surface area contributed by atoms with Crippen LogP contribution >= 0.6 is 11.8 Å². The number of hydrogen-bond donors (Lipinski definition) is 1. The number of aromatic nitrogens is 6. The summed E-state index contributed by atoms with van der Waals surface area (Å²) < 4.78 is 9.36. The molecule has 0 bridgehead atoms. The van der Waals surface area contributed by atoms with Crippen LogP contribution in [-0.4, -0.2) is 67.5 Å². The molecule has 9 nitrogen and oxygen atoms in total. The molecule has 0 radical (unpaired) electrons. The zero-order chi connectivity index (χ0) is 19.0. The Morgan fingerprint density at radius 2 is 2.15 bits per heavy atom. The molecule has 1 N–H and O–H groups in total. The predicted octanol–water partition coefficient (Wildman–Crippen LogP) is 2.23. The van der Waals surface area contributed by atoms with Gasteiger partial charge in [0, 0.05) is 12.7 Å². The normalized spacial score (nSPS) is 17.7. The number of methoxy groups -OCH3 is 1. The summed E-state index contributed by atoms with van der Waals surface area (Å²) in [5.74, 6) is 1.84. The summed E-state index contributed by atoms with van der Waals surface area (Å²) >= 11 is 1.49. The Morgan fingerprint density at radius 1 is 1.30 bits per heavy atom. The number of aryl methyl sites for hydroxylation is 1. The highest BCUT2D eigenvalue weighted by molar-refractivity contribution is 7.98. The van der Waals surface area contributed by atoms with Crippen molar-refractivity contribution in [2.75, 3.05) is 38.8 Å². The third kappa shape index (κ3) is 3.46. The zero-order valence-corrected chi connectivity index (χ0v) is 16.8. The Kier molecular flexibility index (Phi) is 4.92. The van der Waals surface area contributed by atoms with Crippen LogP contribution in [0.15, 0.2) is 17.6 Å². The molecule has 1 saturated heterocycles. The number of nitrogens with one attached hydrogen (secondary N) is 1. The molecule has 4 heterocycles. The second-order valence-corrected chi connectivity index (χ2v) is 7.42. The molecule has 0 aromatic carbocycles. The Hall–Kier alpha value is -2.33. The van der Waals surface area contributed by atoms with E-state index in [4.69, 9.17) is 4.74 Å². The lowest BCUT2D eigenvalue weighted by molar-refractivity contribution is 0.361. The summed E-state index contributed by atoms with van der Waals surface area (Å²) in [4.78, 5) is 16.0. The van der Waals surface area contributed by atoms with E-state index >= 15 is 0 Å². The smallest absolute Gasteiger partial charge is 0.256 e. The van der Waals surface area contributed by atoms with Crippen LogP contribution in [0.4, 0.5) is 11.6 Å². The van der Waals surface area contributed by atoms with E-state index in [1.165, 1.54) is 11.8 Å². The molecule has 4 rings (SSSR count). The summed E-state index contributed by atoms with van der Waals surface area (Å²) in [7, 11) is 3.76. The monoisotopic (exact) mass is 388 g/mol. The van der Waals surface area contributed by atoms with Crippen molar-refractivity contribution >= 4 is 29.2 Å². The number of fused-ring (bicyclic) bond motifs is 1. The van der Waals surface area contributed by atoms with Crippen molar-refractivity contribution in [1.29, 1.82) is 0 Å². The van der Waals surface area contributed by atoms with Gasteiger partial charge in [0.1, 0.15) is 5.69 Å². The maximum absolute atomic E-state index is 5.50. The number of imidazole rings is 1. The Balaban J connectivity index is 1.71. The van der Waals surface area contributed by atoms with Gasteiger partial charge in [0.05, 0.1) is 25.0 Å². The van der Waals surface area contributed by atoms with Crippen LogP contribution in [0.1, 0.15) is 25.1 Å². The van der Waals surface area contributed by atoms with Gasteiger partial charge in [-0.15, -0.1) is 5.10 Å². The Bertz CT molecular complexity index is 952. The van der Waals surface area contributed by atoms with Gasteiger partial charge in [0.2, 0.25) is 11.7 Å². The van der Waals surface area contributed by atoms with E-state index in [1.54, 1.807) is 7.11 Å². The molecule has 27 heavy (non-hydrogen) atoms. The highest BCUT2D eigenvalue weighted by atomic mass is 32.2. The largest absolute Gasteiger partial charge is 0.478 e. The molecule has 0 amide bonds. The van der Waals surface area contributed by atoms with Gasteiger partial charge >= 0.3 is 0 Å². The lowest BCUT2D eigenvalue weighted by Crippen LogP contribution is -2.16. The van der Waals surface area contributed by atoms with Gasteiger partial charge in [-0.2, -0.15) is 9.97 Å². The van der Waals surface area contributed by atoms with Crippen LogP contribution < -0.4 is 10.1 Å². The molecule has 0 saturated carbocycles. The number of likely N-dealkylation sites (N-methyl/N-ethyl adjacent to an activating group) is 1. The van der Waals surface area contributed by atoms with Crippen molar-refractivity contribution in [2.45, 2.75) is 31.0 Å². The molecule has 1 aliphatic heterocycles. The molecule has 1 aliphatic rings. The van der Waals surface area contributed by atoms with Crippen molar-refractivity contribution in [1.82, 2.24) is 34.0 Å². The molecule has 144 valence electrons. The SMILES string of the molecule is CCc1cn2c(Nc3cn([C@@H]4CCN(C)C4)nc3OC)nc(SC)nc2n1. The average molecular weight is 389 g/mol. The lowest BCUT2D eigenvalue weighted by atomic mass is 10.3. The van der Waals surface area contributed by atoms with Crippen molar-refractivity contribution in [3.05, 3.63) is 18.1 Å². The topological polar surface area (TPSA) is 85.4 Å². The second kappa shape index (κ2) is 7.35. The van der Waals surface area contributed by atoms with Crippen molar-refractivity contribution in [3.8, 4) is 5.88 Å². The molecule has 3 aromatic rings. The standard InChI is InChI=1S/C17H24N8OS/c1-5-11-8-24-15(18-11)20-17(27-4)21-16(24)19-13-10-25(22-14(13)26-3)12-6-7-23(2)9-12/h8,10,12H,5-7,9H2,1-4H3,(H,18,19,20,21)/t12-/m1/s1. The first-order chi connectivity index (χ1) is 13.1. The van der Waals surface area contributed by atoms with Crippen molar-refractivity contribution in [2.24, 2.45) is 0 Å². The van der Waals surface area contributed by atoms with Gasteiger partial charge in [0.15, 0.2) is 5.16 Å². The molecule has 3 aromatic heterocycles. The lowest BCUT2D eigenvalue weighted by Gasteiger charge is -2.10. The fourth-order valence-corrected chi connectivity index (χ4v) is 3.65. The summed E-state index contributed by atoms with van der Waals surface area (Å²) in [5, 5.41) is 8.66. The van der Waals surface area contributed by atoms with Gasteiger partial charge in [0.25, 0.3) is 5.88 Å². The minimum absolute atomic E-state index is 0.353. The fourth-order valence-electron chi connectivity index (χ4n) is 3.30. The van der Waals surface area contributed by atoms with E-state index in [2.05, 4.69) is 44.2 Å². The van der Waals surface area contributed by atoms with E-state index in [-0.39, 0.29) is 0 Å². The summed E-state index contributed by atoms with van der Waals surface area (Å²) in [6.45, 7) is 4.14. The van der Waals surface area contributed by atoms with Crippen LogP contribution in [0.2, 0.25) is 0 Å². The number of likely N-dealkylation sites (tertiary alicyclic amines) is 1. The van der Waals surface area contributed by atoms with E-state index < -0.39 is 0 Å². The summed E-state index contributed by atoms with van der Waals surface area (Å²) in [6, 6.07) is 0.353. The summed E-state index contributed by atoms with van der Waals surface area (Å²) in [6.07, 6.45) is 7.83. The molecular formula is C17H24N8OS. The first-order valence-electron chi connectivity index (χ1n) is 9.00. The number of thioether (sulfide) groups is 1. The Labute approximate surface area is 162 Å². The highest BCUT2D eigenvalue weighted by Crippen LogP contribution is 2.30. The third-order valence-corrected chi connectivity index (χ3v) is 5.33. The van der Waals surface area contributed by atoms with Crippen molar-refractivity contribution in [3.63, 3.8) is 0 Å². The highest BCUT2D eigenvalue weighted by Gasteiger charge is 2.24. The van der Waals surface area contributed by atoms with Crippen molar-refractivity contribution < 1.29 is 4.74 Å². The van der Waals surface area contributed by atoms with E-state index in [0.717, 1.165) is 37.3 Å². The van der Waals surface area contributed by atoms with E-state index in [1.807, 2.05) is 27.7 Å². The first-order valence-corrected chi connectivity index (χ1v) is 10.2. The Morgan fingerprint density at radius 3 is 2.81 bits per heavy atom. The molecular weight excluding hydrogens is 364 g/mol. The molecule has 0 spiro atoms. The van der Waals surface area contributed by atoms with Crippen LogP contribution in [0, 0.1) is 0 Å². The first kappa shape index (κ1) is 18.1. The number of rotatable bonds is 6. The zero-order valence-electron chi connectivity index (χ0n) is 16.0. The second-order valence-electron chi connectivity index (χ2n) is 6.65. The molecule has 1 atom stereocenters. The van der Waals surface area contributed by atoms with Gasteiger partial charge in [-0.05, 0) is 32.7 Å². The fraction of sp³-hybridized carbons (Fsp3) is 0.529. The van der Waals surface area contributed by atoms with Crippen LogP contribution in [0.5, 0.6) is 5.88 Å². The number of anilines is 2. The number of hydrogen-bond acceptors (Lipinski definition) is 8. The van der Waals surface area contributed by atoms with Gasteiger partial charge in [-0.25, -0.2) is 4.98 Å². The third-order valence-electron chi connectivity index (χ3n) is 4.79. The van der Waals surface area contributed by atoms with Crippen LogP contribution in [-0.2, 0) is 6.42 Å². The quantitative estimate of drug-likeness (QED) is 0.644. The van der Waals surface area contributed by atoms with E-state index in [9.17, 15) is 0 Å². The maximum Gasteiger partial charge on any atom is 0.256 e. The molecule has 10 heteroatoms. The molecule has 0 unspecified atom stereocenters. The maximum atomic E-state index is 5.50. The minimum Gasteiger partial charge on any atom is -0.478 e. The van der Waals surface area contributed by atoms with Gasteiger partial charge in [-0.3, -0.25) is 9.08 Å². The summed E-state index contributed by atoms with van der Waals surface area (Å²) in [5.41, 5.74) is 1.76. The van der Waals surface area contributed by atoms with Crippen LogP contribution in [0.3, 0.4) is 0 Å². The van der Waals surface area contributed by atoms with Gasteiger partial charge < -0.3 is 15.0 Å². The van der Waals surface area contributed by atoms with E-state index in [0.29, 0.717) is 28.8 Å². The average Bonchev–Trinajstić information content (AvgIpc) is 3.38. The minimum atomic E-state index is 0.353. The molecule has 0 aliphatic carbocycles.